The summed E-state index contributed by atoms with van der Waals surface area (Å²) in [6.07, 6.45) is 8.85. The molecule has 0 N–H and O–H groups in total. The molecule has 1 aromatic carbocycles. The van der Waals surface area contributed by atoms with Crippen molar-refractivity contribution in [3.05, 3.63) is 54.2 Å². The average Bonchev–Trinajstić information content (AvgIpc) is 2.57. The second kappa shape index (κ2) is 6.75. The van der Waals surface area contributed by atoms with Gasteiger partial charge in [0, 0.05) is 16.9 Å². The maximum absolute atomic E-state index is 5.65. The van der Waals surface area contributed by atoms with Gasteiger partial charge < -0.3 is 0 Å². The van der Waals surface area contributed by atoms with Gasteiger partial charge in [-0.1, -0.05) is 31.4 Å². The summed E-state index contributed by atoms with van der Waals surface area (Å²) in [4.78, 5) is 5.65. The van der Waals surface area contributed by atoms with Gasteiger partial charge in [0.25, 0.3) is 5.69 Å². The maximum atomic E-state index is 5.65. The second-order valence-corrected chi connectivity index (χ2v) is 5.79. The van der Waals surface area contributed by atoms with Crippen LogP contribution >= 0.6 is 0 Å². The summed E-state index contributed by atoms with van der Waals surface area (Å²) in [5, 5.41) is 0. The Morgan fingerprint density at radius 3 is 2.48 bits per heavy atom. The Hall–Kier alpha value is -1.83. The maximum Gasteiger partial charge on any atom is 0.264 e. The zero-order chi connectivity index (χ0) is 14.5. The van der Waals surface area contributed by atoms with Gasteiger partial charge in [0.15, 0.2) is 6.61 Å². The van der Waals surface area contributed by atoms with Gasteiger partial charge in [-0.05, 0) is 49.4 Å². The minimum absolute atomic E-state index is 0.668. The third-order valence-electron chi connectivity index (χ3n) is 4.38. The molecule has 1 aliphatic carbocycles. The van der Waals surface area contributed by atoms with Crippen molar-refractivity contribution in [3.8, 4) is 11.3 Å². The number of nitrogens with zero attached hydrogens (tertiary/aromatic N) is 1. The fraction of sp³-hybridized carbons (Fsp3) is 0.421. The minimum atomic E-state index is 0.668. The molecule has 110 valence electrons. The number of benzene rings is 1. The number of hydrogen-bond donors (Lipinski definition) is 0. The molecule has 0 unspecified atom stereocenters. The van der Waals surface area contributed by atoms with Gasteiger partial charge in [-0.25, -0.2) is 0 Å². The molecule has 0 radical (unpaired) electrons. The first-order valence-corrected chi connectivity index (χ1v) is 8.13. The van der Waals surface area contributed by atoms with Crippen LogP contribution in [0, 0.1) is 0 Å². The van der Waals surface area contributed by atoms with Crippen LogP contribution in [0.4, 0.5) is 0 Å². The molecular weight excluding hydrogens is 258 g/mol. The van der Waals surface area contributed by atoms with E-state index in [2.05, 4.69) is 36.4 Å². The Morgan fingerprint density at radius 1 is 1.00 bits per heavy atom. The first kappa shape index (κ1) is 14.1. The van der Waals surface area contributed by atoms with E-state index in [4.69, 9.17) is 4.84 Å². The van der Waals surface area contributed by atoms with Crippen molar-refractivity contribution in [3.63, 3.8) is 0 Å². The van der Waals surface area contributed by atoms with E-state index >= 15 is 0 Å². The number of rotatable bonds is 4. The molecule has 0 aliphatic heterocycles. The lowest BCUT2D eigenvalue weighted by molar-refractivity contribution is -0.882. The quantitative estimate of drug-likeness (QED) is 0.768. The molecule has 0 amide bonds. The van der Waals surface area contributed by atoms with Crippen LogP contribution in [0.2, 0.25) is 0 Å². The van der Waals surface area contributed by atoms with Crippen LogP contribution in [0.3, 0.4) is 0 Å². The van der Waals surface area contributed by atoms with Crippen LogP contribution in [0.25, 0.3) is 11.3 Å². The number of hydrogen-bond acceptors (Lipinski definition) is 1. The van der Waals surface area contributed by atoms with Crippen molar-refractivity contribution >= 4 is 0 Å². The molecule has 1 saturated carbocycles. The van der Waals surface area contributed by atoms with Gasteiger partial charge in [0.1, 0.15) is 0 Å². The Balaban J connectivity index is 1.83. The highest BCUT2D eigenvalue weighted by atomic mass is 16.7. The Labute approximate surface area is 127 Å². The highest BCUT2D eigenvalue weighted by Gasteiger charge is 2.17. The Morgan fingerprint density at radius 2 is 1.76 bits per heavy atom. The number of pyridine rings is 1. The lowest BCUT2D eigenvalue weighted by atomic mass is 9.84. The molecule has 0 bridgehead atoms. The first-order valence-electron chi connectivity index (χ1n) is 8.13. The summed E-state index contributed by atoms with van der Waals surface area (Å²) in [6, 6.07) is 15.2. The van der Waals surface area contributed by atoms with Gasteiger partial charge in [-0.2, -0.15) is 0 Å². The summed E-state index contributed by atoms with van der Waals surface area (Å²) in [7, 11) is 0. The average molecular weight is 282 g/mol. The molecule has 1 fully saturated rings. The van der Waals surface area contributed by atoms with Crippen molar-refractivity contribution in [2.75, 3.05) is 6.61 Å². The van der Waals surface area contributed by atoms with Crippen molar-refractivity contribution in [2.45, 2.75) is 44.9 Å². The second-order valence-electron chi connectivity index (χ2n) is 5.79. The highest BCUT2D eigenvalue weighted by Crippen LogP contribution is 2.33. The SMILES string of the molecule is CCO[n+]1ccccc1-c1ccc(C2CCCCC2)cc1. The molecule has 0 saturated heterocycles. The number of aromatic nitrogens is 1. The summed E-state index contributed by atoms with van der Waals surface area (Å²) >= 11 is 0. The smallest absolute Gasteiger partial charge is 0.264 e. The fourth-order valence-corrected chi connectivity index (χ4v) is 3.27. The fourth-order valence-electron chi connectivity index (χ4n) is 3.27. The van der Waals surface area contributed by atoms with Crippen molar-refractivity contribution < 1.29 is 9.57 Å². The zero-order valence-electron chi connectivity index (χ0n) is 12.8. The van der Waals surface area contributed by atoms with Crippen LogP contribution < -0.4 is 9.57 Å². The van der Waals surface area contributed by atoms with Crippen LogP contribution in [-0.4, -0.2) is 6.61 Å². The molecule has 1 aromatic heterocycles. The highest BCUT2D eigenvalue weighted by molar-refractivity contribution is 5.56. The molecule has 0 spiro atoms. The van der Waals surface area contributed by atoms with E-state index in [1.54, 1.807) is 0 Å². The monoisotopic (exact) mass is 282 g/mol. The lowest BCUT2D eigenvalue weighted by Gasteiger charge is -2.21. The van der Waals surface area contributed by atoms with Crippen LogP contribution in [0.5, 0.6) is 0 Å². The zero-order valence-corrected chi connectivity index (χ0v) is 12.8. The van der Waals surface area contributed by atoms with E-state index in [1.807, 2.05) is 23.9 Å². The lowest BCUT2D eigenvalue weighted by Crippen LogP contribution is -2.44. The van der Waals surface area contributed by atoms with Crippen LogP contribution in [-0.2, 0) is 0 Å². The van der Waals surface area contributed by atoms with Gasteiger partial charge in [0.05, 0.1) is 5.56 Å². The summed E-state index contributed by atoms with van der Waals surface area (Å²) in [5.41, 5.74) is 3.82. The van der Waals surface area contributed by atoms with Crippen molar-refractivity contribution in [2.24, 2.45) is 0 Å². The van der Waals surface area contributed by atoms with Gasteiger partial charge in [-0.3, -0.25) is 4.84 Å². The first-order chi connectivity index (χ1) is 10.4. The van der Waals surface area contributed by atoms with E-state index in [9.17, 15) is 0 Å². The molecule has 21 heavy (non-hydrogen) atoms. The van der Waals surface area contributed by atoms with Gasteiger partial charge in [0.2, 0.25) is 6.20 Å². The largest absolute Gasteiger partial charge is 0.271 e. The molecule has 0 atom stereocenters. The Kier molecular flexibility index (Phi) is 4.54. The summed E-state index contributed by atoms with van der Waals surface area (Å²) in [5.74, 6) is 0.766. The van der Waals surface area contributed by atoms with Crippen LogP contribution in [0.1, 0.15) is 50.5 Å². The third-order valence-corrected chi connectivity index (χ3v) is 4.38. The molecule has 1 aliphatic rings. The molecule has 2 heteroatoms. The van der Waals surface area contributed by atoms with E-state index in [0.717, 1.165) is 11.6 Å². The van der Waals surface area contributed by atoms with Crippen LogP contribution in [0.15, 0.2) is 48.7 Å². The van der Waals surface area contributed by atoms with E-state index < -0.39 is 0 Å². The molecular formula is C19H24NO+. The molecule has 3 rings (SSSR count). The topological polar surface area (TPSA) is 13.1 Å². The van der Waals surface area contributed by atoms with Crippen molar-refractivity contribution in [1.82, 2.24) is 0 Å². The van der Waals surface area contributed by atoms with Crippen molar-refractivity contribution in [1.29, 1.82) is 0 Å². The third kappa shape index (κ3) is 3.26. The molecule has 2 aromatic rings. The minimum Gasteiger partial charge on any atom is -0.271 e. The predicted molar refractivity (Wildman–Crippen MR) is 85.0 cm³/mol. The van der Waals surface area contributed by atoms with E-state index in [1.165, 1.54) is 43.2 Å². The molecule has 2 nitrogen and oxygen atoms in total. The molecule has 1 heterocycles. The predicted octanol–water partition coefficient (Wildman–Crippen LogP) is 4.14. The normalized spacial score (nSPS) is 15.9. The van der Waals surface area contributed by atoms with E-state index in [0.29, 0.717) is 6.61 Å². The summed E-state index contributed by atoms with van der Waals surface area (Å²) in [6.45, 7) is 2.68. The van der Waals surface area contributed by atoms with E-state index in [-0.39, 0.29) is 0 Å². The van der Waals surface area contributed by atoms with Gasteiger partial charge in [-0.15, -0.1) is 0 Å². The Bertz CT molecular complexity index is 570. The standard InChI is InChI=1S/C19H24NO/c1-2-21-20-15-7-6-10-19(20)18-13-11-17(12-14-18)16-8-4-3-5-9-16/h6-7,10-16H,2-5,8-9H2,1H3/q+1. The summed E-state index contributed by atoms with van der Waals surface area (Å²) < 4.78 is 1.86. The van der Waals surface area contributed by atoms with Gasteiger partial charge >= 0.3 is 0 Å².